The SMILES string of the molecule is C.CN=Cc1cc(-c2ccc3cc(CC4CC4(F)F)sc3n2)cnc1N. The van der Waals surface area contributed by atoms with Gasteiger partial charge in [-0.15, -0.1) is 11.3 Å². The van der Waals surface area contributed by atoms with Gasteiger partial charge in [0.2, 0.25) is 0 Å². The summed E-state index contributed by atoms with van der Waals surface area (Å²) in [5, 5.41) is 0.978. The van der Waals surface area contributed by atoms with Crippen molar-refractivity contribution in [2.45, 2.75) is 26.2 Å². The molecular formula is C19H20F2N4S. The minimum atomic E-state index is -2.48. The predicted octanol–water partition coefficient (Wildman–Crippen LogP) is 4.82. The van der Waals surface area contributed by atoms with Crippen LogP contribution in [0, 0.1) is 5.92 Å². The van der Waals surface area contributed by atoms with Crippen LogP contribution in [0.1, 0.15) is 24.3 Å². The van der Waals surface area contributed by atoms with Gasteiger partial charge in [0, 0.05) is 53.2 Å². The minimum Gasteiger partial charge on any atom is -0.383 e. The quantitative estimate of drug-likeness (QED) is 0.666. The molecule has 1 aliphatic carbocycles. The molecule has 1 atom stereocenters. The highest BCUT2D eigenvalue weighted by atomic mass is 32.1. The van der Waals surface area contributed by atoms with Crippen LogP contribution < -0.4 is 5.73 Å². The number of nitrogens with zero attached hydrogens (tertiary/aromatic N) is 3. The summed E-state index contributed by atoms with van der Waals surface area (Å²) in [6, 6.07) is 7.72. The number of hydrogen-bond donors (Lipinski definition) is 1. The van der Waals surface area contributed by atoms with E-state index in [1.54, 1.807) is 19.5 Å². The number of pyridine rings is 2. The van der Waals surface area contributed by atoms with E-state index in [1.807, 2.05) is 24.3 Å². The Labute approximate surface area is 154 Å². The predicted molar refractivity (Wildman–Crippen MR) is 104 cm³/mol. The third-order valence-electron chi connectivity index (χ3n) is 4.35. The van der Waals surface area contributed by atoms with E-state index in [2.05, 4.69) is 15.0 Å². The molecule has 136 valence electrons. The molecule has 3 aromatic rings. The average Bonchev–Trinajstić information content (AvgIpc) is 2.99. The molecule has 1 fully saturated rings. The Morgan fingerprint density at radius 2 is 2.15 bits per heavy atom. The van der Waals surface area contributed by atoms with E-state index in [0.717, 1.165) is 31.9 Å². The van der Waals surface area contributed by atoms with Gasteiger partial charge in [0.05, 0.1) is 5.69 Å². The van der Waals surface area contributed by atoms with Crippen LogP contribution in [0.3, 0.4) is 0 Å². The fourth-order valence-electron chi connectivity index (χ4n) is 2.84. The molecule has 4 rings (SSSR count). The van der Waals surface area contributed by atoms with Gasteiger partial charge in [0.15, 0.2) is 0 Å². The molecule has 0 aromatic carbocycles. The molecule has 3 heterocycles. The van der Waals surface area contributed by atoms with Crippen LogP contribution in [-0.4, -0.2) is 29.2 Å². The number of thiophene rings is 1. The number of halogens is 2. The van der Waals surface area contributed by atoms with Crippen LogP contribution in [0.15, 0.2) is 35.5 Å². The van der Waals surface area contributed by atoms with Crippen molar-refractivity contribution >= 4 is 33.6 Å². The summed E-state index contributed by atoms with van der Waals surface area (Å²) in [4.78, 5) is 14.6. The van der Waals surface area contributed by atoms with Crippen LogP contribution in [0.2, 0.25) is 0 Å². The van der Waals surface area contributed by atoms with Crippen molar-refractivity contribution in [3.63, 3.8) is 0 Å². The number of anilines is 1. The van der Waals surface area contributed by atoms with Gasteiger partial charge in [-0.05, 0) is 30.7 Å². The van der Waals surface area contributed by atoms with Gasteiger partial charge in [-0.3, -0.25) is 4.99 Å². The maximum atomic E-state index is 13.1. The Morgan fingerprint density at radius 3 is 2.85 bits per heavy atom. The van der Waals surface area contributed by atoms with E-state index in [9.17, 15) is 8.78 Å². The molecular weight excluding hydrogens is 354 g/mol. The molecule has 0 saturated heterocycles. The lowest BCUT2D eigenvalue weighted by atomic mass is 10.1. The van der Waals surface area contributed by atoms with E-state index in [1.165, 1.54) is 11.3 Å². The van der Waals surface area contributed by atoms with E-state index in [4.69, 9.17) is 5.73 Å². The van der Waals surface area contributed by atoms with E-state index in [0.29, 0.717) is 12.2 Å². The summed E-state index contributed by atoms with van der Waals surface area (Å²) in [5.41, 5.74) is 8.20. The third-order valence-corrected chi connectivity index (χ3v) is 5.42. The molecule has 0 spiro atoms. The summed E-state index contributed by atoms with van der Waals surface area (Å²) < 4.78 is 26.2. The molecule has 2 N–H and O–H groups in total. The van der Waals surface area contributed by atoms with Gasteiger partial charge >= 0.3 is 0 Å². The second-order valence-corrected chi connectivity index (χ2v) is 7.37. The number of nitrogens with two attached hydrogens (primary N) is 1. The maximum Gasteiger partial charge on any atom is 0.252 e. The Morgan fingerprint density at radius 1 is 1.38 bits per heavy atom. The summed E-state index contributed by atoms with van der Waals surface area (Å²) in [6.45, 7) is 0. The van der Waals surface area contributed by atoms with Crippen molar-refractivity contribution in [2.24, 2.45) is 10.9 Å². The monoisotopic (exact) mass is 374 g/mol. The Balaban J connectivity index is 0.00000196. The lowest BCUT2D eigenvalue weighted by molar-refractivity contribution is 0.0991. The highest BCUT2D eigenvalue weighted by molar-refractivity contribution is 7.18. The first-order valence-corrected chi connectivity index (χ1v) is 8.73. The highest BCUT2D eigenvalue weighted by Gasteiger charge is 2.56. The van der Waals surface area contributed by atoms with Crippen LogP contribution >= 0.6 is 11.3 Å². The fraction of sp³-hybridized carbons (Fsp3) is 0.316. The minimum absolute atomic E-state index is 0. The number of rotatable bonds is 4. The van der Waals surface area contributed by atoms with Crippen molar-refractivity contribution in [3.05, 3.63) is 40.9 Å². The lowest BCUT2D eigenvalue weighted by Crippen LogP contribution is -1.98. The van der Waals surface area contributed by atoms with Gasteiger partial charge in [-0.25, -0.2) is 18.7 Å². The first-order valence-electron chi connectivity index (χ1n) is 7.91. The molecule has 7 heteroatoms. The summed E-state index contributed by atoms with van der Waals surface area (Å²) in [5.74, 6) is -2.59. The maximum absolute atomic E-state index is 13.1. The number of aliphatic imine (C=N–C) groups is 1. The molecule has 0 aliphatic heterocycles. The molecule has 1 unspecified atom stereocenters. The molecule has 3 aromatic heterocycles. The van der Waals surface area contributed by atoms with Crippen LogP contribution in [0.5, 0.6) is 0 Å². The van der Waals surface area contributed by atoms with E-state index < -0.39 is 11.8 Å². The first kappa shape index (κ1) is 18.4. The normalized spacial score (nSPS) is 18.2. The molecule has 26 heavy (non-hydrogen) atoms. The molecule has 0 bridgehead atoms. The van der Waals surface area contributed by atoms with E-state index >= 15 is 0 Å². The zero-order valence-electron chi connectivity index (χ0n) is 13.5. The molecule has 0 amide bonds. The topological polar surface area (TPSA) is 64.2 Å². The highest BCUT2D eigenvalue weighted by Crippen LogP contribution is 2.51. The molecule has 0 radical (unpaired) electrons. The molecule has 4 nitrogen and oxygen atoms in total. The summed E-state index contributed by atoms with van der Waals surface area (Å²) in [7, 11) is 1.67. The zero-order chi connectivity index (χ0) is 17.6. The summed E-state index contributed by atoms with van der Waals surface area (Å²) in [6.07, 6.45) is 3.75. The standard InChI is InChI=1S/C18H16F2N4S.CH4/c1-22-8-12-4-11(9-23-16(12)21)15-3-2-10-5-14(25-17(10)24-15)6-13-7-18(13,19)20;/h2-5,8-9,13H,6-7H2,1H3,(H2,21,23);1H4. The molecule has 1 saturated carbocycles. The van der Waals surface area contributed by atoms with Crippen LogP contribution in [-0.2, 0) is 6.42 Å². The smallest absolute Gasteiger partial charge is 0.252 e. The van der Waals surface area contributed by atoms with Crippen molar-refractivity contribution in [2.75, 3.05) is 12.8 Å². The van der Waals surface area contributed by atoms with Gasteiger partial charge in [-0.1, -0.05) is 7.43 Å². The summed E-state index contributed by atoms with van der Waals surface area (Å²) >= 11 is 1.48. The van der Waals surface area contributed by atoms with Crippen molar-refractivity contribution in [1.29, 1.82) is 0 Å². The largest absolute Gasteiger partial charge is 0.383 e. The van der Waals surface area contributed by atoms with Crippen molar-refractivity contribution in [3.8, 4) is 11.3 Å². The number of fused-ring (bicyclic) bond motifs is 1. The second kappa shape index (κ2) is 6.72. The zero-order valence-corrected chi connectivity index (χ0v) is 14.4. The van der Waals surface area contributed by atoms with E-state index in [-0.39, 0.29) is 13.8 Å². The first-order chi connectivity index (χ1) is 12.0. The van der Waals surface area contributed by atoms with Gasteiger partial charge in [0.25, 0.3) is 5.92 Å². The average molecular weight is 374 g/mol. The van der Waals surface area contributed by atoms with Crippen LogP contribution in [0.25, 0.3) is 21.5 Å². The van der Waals surface area contributed by atoms with Gasteiger partial charge in [0.1, 0.15) is 10.6 Å². The number of nitrogen functional groups attached to an aromatic ring is 1. The third kappa shape index (κ3) is 3.44. The second-order valence-electron chi connectivity index (χ2n) is 6.26. The number of hydrogen-bond acceptors (Lipinski definition) is 5. The lowest BCUT2D eigenvalue weighted by Gasteiger charge is -2.04. The van der Waals surface area contributed by atoms with Crippen molar-refractivity contribution < 1.29 is 8.78 Å². The van der Waals surface area contributed by atoms with Gasteiger partial charge < -0.3 is 5.73 Å². The Bertz CT molecular complexity index is 981. The number of aromatic nitrogens is 2. The molecule has 1 aliphatic rings. The van der Waals surface area contributed by atoms with Gasteiger partial charge in [-0.2, -0.15) is 0 Å². The number of alkyl halides is 2. The van der Waals surface area contributed by atoms with Crippen LogP contribution in [0.4, 0.5) is 14.6 Å². The fourth-order valence-corrected chi connectivity index (χ4v) is 3.95. The Kier molecular flexibility index (Phi) is 4.75. The van der Waals surface area contributed by atoms with Crippen molar-refractivity contribution in [1.82, 2.24) is 9.97 Å². The Hall–Kier alpha value is -2.41.